The highest BCUT2D eigenvalue weighted by molar-refractivity contribution is 4.56. The van der Waals surface area contributed by atoms with Crippen molar-refractivity contribution in [2.75, 3.05) is 20.1 Å². The van der Waals surface area contributed by atoms with Gasteiger partial charge in [0.15, 0.2) is 0 Å². The van der Waals surface area contributed by atoms with Gasteiger partial charge in [0.2, 0.25) is 0 Å². The first-order valence-electron chi connectivity index (χ1n) is 19.5. The van der Waals surface area contributed by atoms with Gasteiger partial charge in [0, 0.05) is 0 Å². The molecule has 40 heavy (non-hydrogen) atoms. The molecule has 1 nitrogen and oxygen atoms in total. The largest absolute Gasteiger partial charge is 0.306 e. The average molecular weight is 564 g/mol. The van der Waals surface area contributed by atoms with E-state index in [0.717, 1.165) is 0 Å². The molecule has 0 aliphatic heterocycles. The van der Waals surface area contributed by atoms with Crippen LogP contribution in [0.25, 0.3) is 0 Å². The molecule has 0 aliphatic rings. The zero-order valence-corrected chi connectivity index (χ0v) is 28.9. The maximum Gasteiger partial charge on any atom is -0.00218 e. The topological polar surface area (TPSA) is 3.24 Å². The number of unbranched alkanes of at least 4 members (excludes halogenated alkanes) is 32. The van der Waals surface area contributed by atoms with Gasteiger partial charge in [0.25, 0.3) is 0 Å². The molecule has 0 radical (unpaired) electrons. The van der Waals surface area contributed by atoms with Crippen LogP contribution < -0.4 is 0 Å². The van der Waals surface area contributed by atoms with Gasteiger partial charge in [-0.3, -0.25) is 0 Å². The second-order valence-electron chi connectivity index (χ2n) is 13.6. The van der Waals surface area contributed by atoms with E-state index in [9.17, 15) is 0 Å². The van der Waals surface area contributed by atoms with Gasteiger partial charge in [-0.05, 0) is 33.0 Å². The Morgan fingerprint density at radius 1 is 0.225 bits per heavy atom. The lowest BCUT2D eigenvalue weighted by molar-refractivity contribution is 0.314. The SMILES string of the molecule is CCCCCCCCCCCCCCCCCCCCN(C)CCCCCCCCCCCCCCCCCC. The lowest BCUT2D eigenvalue weighted by atomic mass is 10.0. The van der Waals surface area contributed by atoms with Gasteiger partial charge in [-0.2, -0.15) is 0 Å². The standard InChI is InChI=1S/C39H81N/c1-4-6-8-10-12-14-16-18-20-22-23-25-27-29-31-33-35-37-39-40(3)38-36-34-32-30-28-26-24-21-19-17-15-13-11-9-7-5-2/h4-39H2,1-3H3. The van der Waals surface area contributed by atoms with Crippen molar-refractivity contribution in [3.05, 3.63) is 0 Å². The molecule has 0 rings (SSSR count). The van der Waals surface area contributed by atoms with Gasteiger partial charge < -0.3 is 4.90 Å². The summed E-state index contributed by atoms with van der Waals surface area (Å²) in [6.07, 6.45) is 49.8. The third-order valence-corrected chi connectivity index (χ3v) is 9.29. The molecule has 0 bridgehead atoms. The fourth-order valence-electron chi connectivity index (χ4n) is 6.32. The minimum Gasteiger partial charge on any atom is -0.306 e. The third-order valence-electron chi connectivity index (χ3n) is 9.29. The zero-order valence-electron chi connectivity index (χ0n) is 28.9. The Hall–Kier alpha value is -0.0400. The summed E-state index contributed by atoms with van der Waals surface area (Å²) in [5.74, 6) is 0. The van der Waals surface area contributed by atoms with Gasteiger partial charge >= 0.3 is 0 Å². The highest BCUT2D eigenvalue weighted by Crippen LogP contribution is 2.16. The van der Waals surface area contributed by atoms with Crippen molar-refractivity contribution in [3.63, 3.8) is 0 Å². The molecular weight excluding hydrogens is 482 g/mol. The molecule has 0 aromatic carbocycles. The Bertz CT molecular complexity index is 419. The summed E-state index contributed by atoms with van der Waals surface area (Å²) >= 11 is 0. The number of rotatable bonds is 36. The molecular formula is C39H81N. The van der Waals surface area contributed by atoms with Gasteiger partial charge in [-0.25, -0.2) is 0 Å². The first-order valence-corrected chi connectivity index (χ1v) is 19.5. The predicted octanol–water partition coefficient (Wildman–Crippen LogP) is 14.2. The highest BCUT2D eigenvalue weighted by Gasteiger charge is 2.00. The fourth-order valence-corrected chi connectivity index (χ4v) is 6.32. The van der Waals surface area contributed by atoms with E-state index in [1.54, 1.807) is 0 Å². The van der Waals surface area contributed by atoms with Crippen LogP contribution in [0.15, 0.2) is 0 Å². The molecule has 0 atom stereocenters. The van der Waals surface area contributed by atoms with Gasteiger partial charge in [-0.1, -0.05) is 219 Å². The summed E-state index contributed by atoms with van der Waals surface area (Å²) < 4.78 is 0. The second kappa shape index (κ2) is 37.0. The van der Waals surface area contributed by atoms with E-state index in [-0.39, 0.29) is 0 Å². The van der Waals surface area contributed by atoms with Crippen LogP contribution in [0.3, 0.4) is 0 Å². The fraction of sp³-hybridized carbons (Fsp3) is 1.00. The number of hydrogen-bond donors (Lipinski definition) is 0. The van der Waals surface area contributed by atoms with Crippen LogP contribution in [0, 0.1) is 0 Å². The molecule has 242 valence electrons. The molecule has 0 heterocycles. The lowest BCUT2D eigenvalue weighted by Crippen LogP contribution is -2.20. The van der Waals surface area contributed by atoms with Crippen LogP contribution >= 0.6 is 0 Å². The molecule has 0 saturated heterocycles. The lowest BCUT2D eigenvalue weighted by Gasteiger charge is -2.16. The van der Waals surface area contributed by atoms with E-state index < -0.39 is 0 Å². The van der Waals surface area contributed by atoms with E-state index >= 15 is 0 Å². The third kappa shape index (κ3) is 36.0. The summed E-state index contributed by atoms with van der Waals surface area (Å²) in [5, 5.41) is 0. The number of hydrogen-bond acceptors (Lipinski definition) is 1. The zero-order chi connectivity index (χ0) is 29.0. The molecule has 0 amide bonds. The predicted molar refractivity (Wildman–Crippen MR) is 186 cm³/mol. The van der Waals surface area contributed by atoms with E-state index in [1.807, 2.05) is 0 Å². The van der Waals surface area contributed by atoms with E-state index in [1.165, 1.54) is 231 Å². The van der Waals surface area contributed by atoms with Crippen molar-refractivity contribution in [2.45, 2.75) is 232 Å². The molecule has 1 heteroatoms. The van der Waals surface area contributed by atoms with Crippen molar-refractivity contribution in [3.8, 4) is 0 Å². The van der Waals surface area contributed by atoms with E-state index in [0.29, 0.717) is 0 Å². The van der Waals surface area contributed by atoms with Crippen molar-refractivity contribution in [2.24, 2.45) is 0 Å². The molecule has 0 aromatic rings. The van der Waals surface area contributed by atoms with Crippen LogP contribution in [0.4, 0.5) is 0 Å². The summed E-state index contributed by atoms with van der Waals surface area (Å²) in [7, 11) is 2.35. The maximum absolute atomic E-state index is 2.59. The van der Waals surface area contributed by atoms with Crippen LogP contribution in [0.1, 0.15) is 232 Å². The second-order valence-corrected chi connectivity index (χ2v) is 13.6. The summed E-state index contributed by atoms with van der Waals surface area (Å²) in [5.41, 5.74) is 0. The molecule has 0 aliphatic carbocycles. The van der Waals surface area contributed by atoms with Gasteiger partial charge in [0.05, 0.1) is 0 Å². The normalized spacial score (nSPS) is 11.7. The minimum atomic E-state index is 1.32. The summed E-state index contributed by atoms with van der Waals surface area (Å²) in [6, 6.07) is 0. The molecule has 0 saturated carbocycles. The maximum atomic E-state index is 2.59. The average Bonchev–Trinajstić information content (AvgIpc) is 2.96. The van der Waals surface area contributed by atoms with Crippen molar-refractivity contribution >= 4 is 0 Å². The molecule has 0 unspecified atom stereocenters. The van der Waals surface area contributed by atoms with Gasteiger partial charge in [-0.15, -0.1) is 0 Å². The van der Waals surface area contributed by atoms with Crippen molar-refractivity contribution in [1.29, 1.82) is 0 Å². The minimum absolute atomic E-state index is 1.32. The Morgan fingerprint density at radius 3 is 0.550 bits per heavy atom. The smallest absolute Gasteiger partial charge is 0.00218 e. The van der Waals surface area contributed by atoms with Crippen LogP contribution in [0.2, 0.25) is 0 Å². The molecule has 0 fully saturated rings. The molecule has 0 spiro atoms. The van der Waals surface area contributed by atoms with Crippen molar-refractivity contribution < 1.29 is 0 Å². The molecule has 0 aromatic heterocycles. The van der Waals surface area contributed by atoms with Crippen LogP contribution in [0.5, 0.6) is 0 Å². The monoisotopic (exact) mass is 564 g/mol. The first kappa shape index (κ1) is 40.0. The van der Waals surface area contributed by atoms with Crippen LogP contribution in [-0.4, -0.2) is 25.0 Å². The van der Waals surface area contributed by atoms with Crippen molar-refractivity contribution in [1.82, 2.24) is 4.90 Å². The summed E-state index contributed by atoms with van der Waals surface area (Å²) in [4.78, 5) is 2.59. The van der Waals surface area contributed by atoms with E-state index in [2.05, 4.69) is 25.8 Å². The highest BCUT2D eigenvalue weighted by atomic mass is 15.1. The Morgan fingerprint density at radius 2 is 0.375 bits per heavy atom. The van der Waals surface area contributed by atoms with E-state index in [4.69, 9.17) is 0 Å². The molecule has 0 N–H and O–H groups in total. The Kier molecular flexibility index (Phi) is 36.9. The summed E-state index contributed by atoms with van der Waals surface area (Å²) in [6.45, 7) is 7.25. The van der Waals surface area contributed by atoms with Gasteiger partial charge in [0.1, 0.15) is 0 Å². The quantitative estimate of drug-likeness (QED) is 0.0685. The first-order chi connectivity index (χ1) is 19.8. The Balaban J connectivity index is 3.13. The Labute approximate surface area is 256 Å². The van der Waals surface area contributed by atoms with Crippen LogP contribution in [-0.2, 0) is 0 Å². The number of nitrogens with zero attached hydrogens (tertiary/aromatic N) is 1.